The Kier molecular flexibility index (Phi) is 22.4. The van der Waals surface area contributed by atoms with Crippen LogP contribution in [0.1, 0.15) is 96.8 Å². The minimum Gasteiger partial charge on any atom is -0.481 e. The van der Waals surface area contributed by atoms with Crippen molar-refractivity contribution in [3.05, 3.63) is 12.2 Å². The van der Waals surface area contributed by atoms with E-state index in [9.17, 15) is 4.79 Å². The number of aliphatic carboxylic acids is 1. The predicted octanol–water partition coefficient (Wildman–Crippen LogP) is 4.86. The first-order chi connectivity index (χ1) is 13.8. The average molecular weight is 412 g/mol. The molecule has 0 spiro atoms. The van der Waals surface area contributed by atoms with E-state index in [1.54, 1.807) is 14.1 Å². The Labute approximate surface area is 178 Å². The number of rotatable bonds is 15. The van der Waals surface area contributed by atoms with Gasteiger partial charge in [-0.1, -0.05) is 70.4 Å². The second-order valence-electron chi connectivity index (χ2n) is 7.48. The Bertz CT molecular complexity index is 458. The summed E-state index contributed by atoms with van der Waals surface area (Å²) in [7, 11) is 3.38. The van der Waals surface area contributed by atoms with Gasteiger partial charge in [0, 0.05) is 20.5 Å². The first kappa shape index (κ1) is 29.2. The van der Waals surface area contributed by atoms with Gasteiger partial charge in [0.2, 0.25) is 5.96 Å². The number of nitrogens with zero attached hydrogens (tertiary/aromatic N) is 2. The standard InChI is InChI=1S/C18H34O2.C4H11N5/c1-2-3-4-5-6-7-8-9-10-11-12-13-14-15-16-17-18(19)20;1-9(2)4(7)8-3(5)6/h9-10H,2-8,11-17H2,1H3,(H,19,20);1-2H3,(H5,5,6,7,8)/b10-9-;. The molecule has 0 bridgehead atoms. The van der Waals surface area contributed by atoms with E-state index < -0.39 is 5.97 Å². The zero-order valence-corrected chi connectivity index (χ0v) is 19.0. The number of aliphatic imine (C=N–C) groups is 1. The van der Waals surface area contributed by atoms with E-state index in [0.29, 0.717) is 6.42 Å². The predicted molar refractivity (Wildman–Crippen MR) is 124 cm³/mol. The third-order valence-electron chi connectivity index (χ3n) is 4.31. The van der Waals surface area contributed by atoms with Crippen LogP contribution in [0, 0.1) is 5.41 Å². The smallest absolute Gasteiger partial charge is 0.303 e. The van der Waals surface area contributed by atoms with Gasteiger partial charge in [-0.15, -0.1) is 0 Å². The molecule has 170 valence electrons. The highest BCUT2D eigenvalue weighted by Crippen LogP contribution is 2.09. The summed E-state index contributed by atoms with van der Waals surface area (Å²) in [5, 5.41) is 15.6. The summed E-state index contributed by atoms with van der Waals surface area (Å²) >= 11 is 0. The summed E-state index contributed by atoms with van der Waals surface area (Å²) in [4.78, 5) is 15.3. The van der Waals surface area contributed by atoms with Crippen molar-refractivity contribution >= 4 is 17.9 Å². The van der Waals surface area contributed by atoms with Gasteiger partial charge in [-0.3, -0.25) is 10.2 Å². The molecule has 0 aliphatic carbocycles. The fourth-order valence-electron chi connectivity index (χ4n) is 2.57. The van der Waals surface area contributed by atoms with Crippen LogP contribution >= 0.6 is 0 Å². The van der Waals surface area contributed by atoms with Gasteiger partial charge < -0.3 is 21.5 Å². The van der Waals surface area contributed by atoms with Crippen molar-refractivity contribution in [1.29, 1.82) is 5.41 Å². The van der Waals surface area contributed by atoms with Crippen LogP contribution in [-0.4, -0.2) is 42.0 Å². The zero-order chi connectivity index (χ0) is 22.3. The highest BCUT2D eigenvalue weighted by molar-refractivity contribution is 5.91. The molecule has 0 heterocycles. The van der Waals surface area contributed by atoms with Gasteiger partial charge in [-0.2, -0.15) is 4.99 Å². The molecule has 0 aliphatic heterocycles. The molecule has 0 saturated carbocycles. The maximum absolute atomic E-state index is 10.3. The molecule has 0 amide bonds. The van der Waals surface area contributed by atoms with E-state index >= 15 is 0 Å². The van der Waals surface area contributed by atoms with Crippen LogP contribution in [0.25, 0.3) is 0 Å². The molecule has 0 aliphatic rings. The largest absolute Gasteiger partial charge is 0.481 e. The average Bonchev–Trinajstić information content (AvgIpc) is 2.64. The first-order valence-corrected chi connectivity index (χ1v) is 11.0. The number of unbranched alkanes of at least 4 members (excludes halogenated alkanes) is 11. The van der Waals surface area contributed by atoms with Crippen molar-refractivity contribution in [2.24, 2.45) is 16.5 Å². The Balaban J connectivity index is 0. The maximum atomic E-state index is 10.3. The third-order valence-corrected chi connectivity index (χ3v) is 4.31. The summed E-state index contributed by atoms with van der Waals surface area (Å²) < 4.78 is 0. The lowest BCUT2D eigenvalue weighted by molar-refractivity contribution is -0.137. The van der Waals surface area contributed by atoms with Crippen molar-refractivity contribution in [3.63, 3.8) is 0 Å². The fraction of sp³-hybridized carbons (Fsp3) is 0.773. The number of carbonyl (C=O) groups is 1. The molecule has 0 atom stereocenters. The van der Waals surface area contributed by atoms with E-state index in [4.69, 9.17) is 22.0 Å². The molecule has 0 rings (SSSR count). The zero-order valence-electron chi connectivity index (χ0n) is 19.0. The van der Waals surface area contributed by atoms with Crippen molar-refractivity contribution < 1.29 is 9.90 Å². The van der Waals surface area contributed by atoms with Crippen molar-refractivity contribution in [2.45, 2.75) is 96.8 Å². The van der Waals surface area contributed by atoms with Gasteiger partial charge in [0.05, 0.1) is 0 Å². The van der Waals surface area contributed by atoms with Crippen molar-refractivity contribution in [2.75, 3.05) is 14.1 Å². The topological polar surface area (TPSA) is 129 Å². The van der Waals surface area contributed by atoms with E-state index in [-0.39, 0.29) is 11.9 Å². The van der Waals surface area contributed by atoms with Crippen molar-refractivity contribution in [3.8, 4) is 0 Å². The Morgan fingerprint density at radius 3 is 1.72 bits per heavy atom. The van der Waals surface area contributed by atoms with Gasteiger partial charge in [0.1, 0.15) is 0 Å². The molecule has 0 saturated heterocycles. The minimum atomic E-state index is -0.664. The van der Waals surface area contributed by atoms with Crippen LogP contribution < -0.4 is 11.5 Å². The summed E-state index contributed by atoms with van der Waals surface area (Å²) in [6.45, 7) is 2.26. The normalized spacial score (nSPS) is 10.3. The van der Waals surface area contributed by atoms with Gasteiger partial charge in [0.25, 0.3) is 0 Å². The minimum absolute atomic E-state index is 0.0509. The van der Waals surface area contributed by atoms with Crippen molar-refractivity contribution in [1.82, 2.24) is 4.90 Å². The van der Waals surface area contributed by atoms with E-state index in [0.717, 1.165) is 12.8 Å². The van der Waals surface area contributed by atoms with Crippen LogP contribution in [-0.2, 0) is 4.79 Å². The summed E-state index contributed by atoms with van der Waals surface area (Å²) in [5.74, 6) is -0.702. The Morgan fingerprint density at radius 2 is 1.34 bits per heavy atom. The molecular formula is C22H45N5O2. The van der Waals surface area contributed by atoms with E-state index in [1.165, 1.54) is 75.5 Å². The summed E-state index contributed by atoms with van der Waals surface area (Å²) in [5.41, 5.74) is 9.98. The Morgan fingerprint density at radius 1 is 0.897 bits per heavy atom. The van der Waals surface area contributed by atoms with Crippen LogP contribution in [0.15, 0.2) is 17.1 Å². The molecule has 7 heteroatoms. The third kappa shape index (κ3) is 28.3. The number of carboxylic acid groups (broad SMARTS) is 1. The number of nitrogens with one attached hydrogen (secondary N) is 1. The monoisotopic (exact) mass is 411 g/mol. The first-order valence-electron chi connectivity index (χ1n) is 11.0. The van der Waals surface area contributed by atoms with Gasteiger partial charge in [-0.05, 0) is 32.1 Å². The number of guanidine groups is 2. The van der Waals surface area contributed by atoms with E-state index in [1.807, 2.05) is 0 Å². The second-order valence-corrected chi connectivity index (χ2v) is 7.48. The lowest BCUT2D eigenvalue weighted by Crippen LogP contribution is -2.28. The highest BCUT2D eigenvalue weighted by Gasteiger charge is 1.96. The van der Waals surface area contributed by atoms with Crippen LogP contribution in [0.2, 0.25) is 0 Å². The SMILES string of the molecule is CCCCCCCC/C=C\CCCCCCCC(=O)O.CN(C)C(=N)N=C(N)N. The Hall–Kier alpha value is -2.05. The molecule has 0 radical (unpaired) electrons. The molecule has 0 aromatic rings. The maximum Gasteiger partial charge on any atom is 0.303 e. The summed E-state index contributed by atoms with van der Waals surface area (Å²) in [6, 6.07) is 0. The van der Waals surface area contributed by atoms with Gasteiger partial charge in [0.15, 0.2) is 5.96 Å². The molecule has 29 heavy (non-hydrogen) atoms. The molecule has 0 fully saturated rings. The van der Waals surface area contributed by atoms with E-state index in [2.05, 4.69) is 24.1 Å². The van der Waals surface area contributed by atoms with Gasteiger partial charge in [-0.25, -0.2) is 0 Å². The highest BCUT2D eigenvalue weighted by atomic mass is 16.4. The fourth-order valence-corrected chi connectivity index (χ4v) is 2.57. The van der Waals surface area contributed by atoms with Crippen LogP contribution in [0.4, 0.5) is 0 Å². The lowest BCUT2D eigenvalue weighted by Gasteiger charge is -2.07. The number of hydrogen-bond donors (Lipinski definition) is 4. The molecule has 6 N–H and O–H groups in total. The van der Waals surface area contributed by atoms with Crippen LogP contribution in [0.3, 0.4) is 0 Å². The molecule has 7 nitrogen and oxygen atoms in total. The summed E-state index contributed by atoms with van der Waals surface area (Å²) in [6.07, 6.45) is 21.2. The van der Waals surface area contributed by atoms with Crippen LogP contribution in [0.5, 0.6) is 0 Å². The number of allylic oxidation sites excluding steroid dienone is 2. The molecule has 0 aromatic heterocycles. The quantitative estimate of drug-likeness (QED) is 0.132. The number of nitrogens with two attached hydrogens (primary N) is 2. The molecule has 0 unspecified atom stereocenters. The number of hydrogen-bond acceptors (Lipinski definition) is 2. The lowest BCUT2D eigenvalue weighted by atomic mass is 10.1. The van der Waals surface area contributed by atoms with Gasteiger partial charge >= 0.3 is 5.97 Å². The molecule has 0 aromatic carbocycles. The molecular weight excluding hydrogens is 366 g/mol. The second kappa shape index (κ2) is 22.2. The number of carboxylic acids is 1.